The van der Waals surface area contributed by atoms with Crippen LogP contribution in [0.2, 0.25) is 0 Å². The number of rotatable bonds is 6. The highest BCUT2D eigenvalue weighted by Gasteiger charge is 2.16. The Balaban J connectivity index is 1.76. The fourth-order valence-corrected chi connectivity index (χ4v) is 3.60. The molecule has 2 heterocycles. The molecule has 0 aliphatic rings. The van der Waals surface area contributed by atoms with Crippen molar-refractivity contribution in [3.63, 3.8) is 0 Å². The molecule has 11 nitrogen and oxygen atoms in total. The molecule has 0 atom stereocenters. The van der Waals surface area contributed by atoms with Crippen LogP contribution in [-0.2, 0) is 28.1 Å². The third-order valence-corrected chi connectivity index (χ3v) is 6.11. The van der Waals surface area contributed by atoms with Crippen LogP contribution in [0.4, 0.5) is 5.69 Å². The number of fused-ring (bicyclic) bond motifs is 1. The summed E-state index contributed by atoms with van der Waals surface area (Å²) in [6.45, 7) is 1.49. The van der Waals surface area contributed by atoms with Crippen LogP contribution in [-0.4, -0.2) is 44.7 Å². The molecule has 154 valence electrons. The van der Waals surface area contributed by atoms with Gasteiger partial charge in [-0.1, -0.05) is 6.92 Å². The van der Waals surface area contributed by atoms with E-state index in [9.17, 15) is 27.9 Å². The Bertz CT molecular complexity index is 1320. The zero-order valence-electron chi connectivity index (χ0n) is 15.6. The molecule has 4 N–H and O–H groups in total. The highest BCUT2D eigenvalue weighted by molar-refractivity contribution is 7.91. The van der Waals surface area contributed by atoms with Gasteiger partial charge in [0, 0.05) is 19.9 Å². The van der Waals surface area contributed by atoms with Gasteiger partial charge in [-0.05, 0) is 18.2 Å². The van der Waals surface area contributed by atoms with Crippen molar-refractivity contribution in [3.05, 3.63) is 44.9 Å². The van der Waals surface area contributed by atoms with Crippen LogP contribution in [0.25, 0.3) is 11.2 Å². The lowest BCUT2D eigenvalue weighted by molar-refractivity contribution is -0.116. The number of carbonyl (C=O) groups excluding carboxylic acids is 1. The summed E-state index contributed by atoms with van der Waals surface area (Å²) in [5.74, 6) is -0.541. The van der Waals surface area contributed by atoms with Crippen LogP contribution in [0.3, 0.4) is 0 Å². The summed E-state index contributed by atoms with van der Waals surface area (Å²) in [7, 11) is -2.04. The van der Waals surface area contributed by atoms with Crippen molar-refractivity contribution in [1.29, 1.82) is 0 Å². The largest absolute Gasteiger partial charge is 0.506 e. The molecule has 0 saturated heterocycles. The van der Waals surface area contributed by atoms with Crippen molar-refractivity contribution in [1.82, 2.24) is 19.5 Å². The van der Waals surface area contributed by atoms with Gasteiger partial charge in [0.15, 0.2) is 15.5 Å². The van der Waals surface area contributed by atoms with Crippen molar-refractivity contribution in [2.75, 3.05) is 11.1 Å². The van der Waals surface area contributed by atoms with E-state index in [1.807, 2.05) is 0 Å². The minimum Gasteiger partial charge on any atom is -0.506 e. The first-order chi connectivity index (χ1) is 13.6. The SMILES string of the molecule is CCS(=O)(=O)c1ccc(O)c(NC(=O)CCc2nc3c([nH]2)c(=O)[nH]c(=O)n3C)c1. The lowest BCUT2D eigenvalue weighted by atomic mass is 10.2. The van der Waals surface area contributed by atoms with Gasteiger partial charge in [0.1, 0.15) is 17.1 Å². The molecule has 0 radical (unpaired) electrons. The molecule has 0 saturated carbocycles. The van der Waals surface area contributed by atoms with Gasteiger partial charge in [-0.15, -0.1) is 0 Å². The first kappa shape index (κ1) is 20.3. The normalized spacial score (nSPS) is 11.7. The van der Waals surface area contributed by atoms with E-state index in [-0.39, 0.29) is 46.1 Å². The van der Waals surface area contributed by atoms with Crippen molar-refractivity contribution < 1.29 is 18.3 Å². The maximum atomic E-state index is 12.2. The number of phenols is 1. The summed E-state index contributed by atoms with van der Waals surface area (Å²) in [5, 5.41) is 12.4. The Morgan fingerprint density at radius 1 is 1.28 bits per heavy atom. The van der Waals surface area contributed by atoms with Gasteiger partial charge >= 0.3 is 5.69 Å². The van der Waals surface area contributed by atoms with Crippen LogP contribution >= 0.6 is 0 Å². The lowest BCUT2D eigenvalue weighted by Crippen LogP contribution is -2.28. The number of hydrogen-bond acceptors (Lipinski definition) is 7. The van der Waals surface area contributed by atoms with Gasteiger partial charge in [-0.3, -0.25) is 19.1 Å². The number of benzene rings is 1. The topological polar surface area (TPSA) is 167 Å². The van der Waals surface area contributed by atoms with Gasteiger partial charge in [-0.25, -0.2) is 18.2 Å². The van der Waals surface area contributed by atoms with Crippen LogP contribution in [0, 0.1) is 0 Å². The first-order valence-corrected chi connectivity index (χ1v) is 10.3. The quantitative estimate of drug-likeness (QED) is 0.407. The van der Waals surface area contributed by atoms with Crippen molar-refractivity contribution in [2.45, 2.75) is 24.7 Å². The number of carbonyl (C=O) groups is 1. The number of aromatic hydroxyl groups is 1. The summed E-state index contributed by atoms with van der Waals surface area (Å²) in [5.41, 5.74) is -0.935. The second kappa shape index (κ2) is 7.54. The highest BCUT2D eigenvalue weighted by atomic mass is 32.2. The third-order valence-electron chi connectivity index (χ3n) is 4.37. The number of aryl methyl sites for hydroxylation is 2. The molecule has 3 aromatic rings. The Morgan fingerprint density at radius 3 is 2.69 bits per heavy atom. The van der Waals surface area contributed by atoms with Crippen molar-refractivity contribution >= 4 is 32.6 Å². The van der Waals surface area contributed by atoms with Crippen LogP contribution in [0.15, 0.2) is 32.7 Å². The fraction of sp³-hybridized carbons (Fsp3) is 0.294. The Labute approximate surface area is 164 Å². The van der Waals surface area contributed by atoms with Crippen LogP contribution < -0.4 is 16.6 Å². The Hall–Kier alpha value is -3.41. The van der Waals surface area contributed by atoms with E-state index in [1.165, 1.54) is 36.7 Å². The number of H-pyrrole nitrogens is 2. The number of aromatic nitrogens is 4. The van der Waals surface area contributed by atoms with Gasteiger partial charge in [0.05, 0.1) is 16.3 Å². The van der Waals surface area contributed by atoms with Gasteiger partial charge in [0.2, 0.25) is 5.91 Å². The average Bonchev–Trinajstić information content (AvgIpc) is 3.11. The summed E-state index contributed by atoms with van der Waals surface area (Å²) < 4.78 is 25.1. The maximum absolute atomic E-state index is 12.2. The number of sulfone groups is 1. The number of phenolic OH excluding ortho intramolecular Hbond substituents is 1. The molecule has 12 heteroatoms. The number of anilines is 1. The number of imidazole rings is 1. The first-order valence-electron chi connectivity index (χ1n) is 8.66. The molecule has 29 heavy (non-hydrogen) atoms. The minimum atomic E-state index is -3.49. The minimum absolute atomic E-state index is 0.00877. The monoisotopic (exact) mass is 421 g/mol. The molecule has 0 bridgehead atoms. The molecule has 0 unspecified atom stereocenters. The third kappa shape index (κ3) is 4.06. The fourth-order valence-electron chi connectivity index (χ4n) is 2.69. The summed E-state index contributed by atoms with van der Waals surface area (Å²) >= 11 is 0. The van der Waals surface area contributed by atoms with Crippen molar-refractivity contribution in [3.8, 4) is 5.75 Å². The molecule has 2 aromatic heterocycles. The maximum Gasteiger partial charge on any atom is 0.329 e. The number of hydrogen-bond donors (Lipinski definition) is 4. The standard InChI is InChI=1S/C17H19N5O6S/c1-3-29(27,28)9-4-5-11(23)10(8-9)18-13(24)7-6-12-19-14-15(20-12)22(2)17(26)21-16(14)25/h4-5,8,23H,3,6-7H2,1-2H3,(H,18,24)(H,19,20)(H,21,25,26). The molecule has 0 aliphatic heterocycles. The highest BCUT2D eigenvalue weighted by Crippen LogP contribution is 2.27. The molecular formula is C17H19N5O6S. The van der Waals surface area contributed by atoms with E-state index in [0.717, 1.165) is 0 Å². The van der Waals surface area contributed by atoms with Gasteiger partial charge in [-0.2, -0.15) is 0 Å². The second-order valence-corrected chi connectivity index (χ2v) is 8.61. The number of aromatic amines is 2. The van der Waals surface area contributed by atoms with Gasteiger partial charge in [0.25, 0.3) is 5.56 Å². The Kier molecular flexibility index (Phi) is 5.29. The zero-order valence-corrected chi connectivity index (χ0v) is 16.5. The van der Waals surface area contributed by atoms with E-state index in [0.29, 0.717) is 5.82 Å². The van der Waals surface area contributed by atoms with Crippen LogP contribution in [0.5, 0.6) is 5.75 Å². The predicted molar refractivity (Wildman–Crippen MR) is 105 cm³/mol. The molecular weight excluding hydrogens is 402 g/mol. The summed E-state index contributed by atoms with van der Waals surface area (Å²) in [4.78, 5) is 44.7. The molecule has 1 aromatic carbocycles. The van der Waals surface area contributed by atoms with Crippen molar-refractivity contribution in [2.24, 2.45) is 7.05 Å². The Morgan fingerprint density at radius 2 is 2.00 bits per heavy atom. The molecule has 0 aliphatic carbocycles. The number of amides is 1. The summed E-state index contributed by atoms with van der Waals surface area (Å²) in [6.07, 6.45) is 0.0672. The van der Waals surface area contributed by atoms with E-state index in [1.54, 1.807) is 0 Å². The average molecular weight is 421 g/mol. The van der Waals surface area contributed by atoms with Gasteiger partial charge < -0.3 is 15.4 Å². The smallest absolute Gasteiger partial charge is 0.329 e. The van der Waals surface area contributed by atoms with E-state index in [2.05, 4.69) is 20.3 Å². The molecule has 3 rings (SSSR count). The second-order valence-electron chi connectivity index (χ2n) is 6.33. The number of nitrogens with one attached hydrogen (secondary N) is 3. The molecule has 0 spiro atoms. The summed E-state index contributed by atoms with van der Waals surface area (Å²) in [6, 6.07) is 3.66. The molecule has 0 fully saturated rings. The zero-order chi connectivity index (χ0) is 21.3. The predicted octanol–water partition coefficient (Wildman–Crippen LogP) is 0.0204. The number of nitrogens with zero attached hydrogens (tertiary/aromatic N) is 2. The molecule has 1 amide bonds. The van der Waals surface area contributed by atoms with E-state index >= 15 is 0 Å². The van der Waals surface area contributed by atoms with Crippen LogP contribution in [0.1, 0.15) is 19.2 Å². The van der Waals surface area contributed by atoms with E-state index < -0.39 is 27.0 Å². The van der Waals surface area contributed by atoms with E-state index in [4.69, 9.17) is 0 Å². The lowest BCUT2D eigenvalue weighted by Gasteiger charge is -2.09.